The Morgan fingerprint density at radius 3 is 2.50 bits per heavy atom. The molecular formula is C11H9ClF3N3. The van der Waals surface area contributed by atoms with E-state index in [1.54, 1.807) is 6.07 Å². The Labute approximate surface area is 106 Å². The average Bonchev–Trinajstić information content (AvgIpc) is 2.59. The van der Waals surface area contributed by atoms with E-state index in [1.807, 2.05) is 0 Å². The molecule has 0 atom stereocenters. The molecule has 0 aliphatic rings. The van der Waals surface area contributed by atoms with Crippen molar-refractivity contribution in [3.8, 4) is 5.69 Å². The van der Waals surface area contributed by atoms with Gasteiger partial charge in [0.15, 0.2) is 5.69 Å². The maximum atomic E-state index is 12.6. The van der Waals surface area contributed by atoms with Gasteiger partial charge in [0.2, 0.25) is 0 Å². The minimum Gasteiger partial charge on any atom is -0.399 e. The Morgan fingerprint density at radius 2 is 2.00 bits per heavy atom. The van der Waals surface area contributed by atoms with Gasteiger partial charge in [0.1, 0.15) is 0 Å². The van der Waals surface area contributed by atoms with Crippen molar-refractivity contribution < 1.29 is 13.2 Å². The van der Waals surface area contributed by atoms with E-state index in [2.05, 4.69) is 5.10 Å². The van der Waals surface area contributed by atoms with Crippen LogP contribution in [0.4, 0.5) is 18.9 Å². The summed E-state index contributed by atoms with van der Waals surface area (Å²) in [5.41, 5.74) is 5.42. The Morgan fingerprint density at radius 1 is 1.33 bits per heavy atom. The summed E-state index contributed by atoms with van der Waals surface area (Å²) in [6.45, 7) is 1.34. The van der Waals surface area contributed by atoms with Crippen molar-refractivity contribution in [1.82, 2.24) is 9.78 Å². The molecule has 0 saturated carbocycles. The van der Waals surface area contributed by atoms with Gasteiger partial charge in [0.05, 0.1) is 10.7 Å². The fraction of sp³-hybridized carbons (Fsp3) is 0.182. The summed E-state index contributed by atoms with van der Waals surface area (Å²) in [5.74, 6) is 0. The minimum atomic E-state index is -4.48. The summed E-state index contributed by atoms with van der Waals surface area (Å²) >= 11 is 5.92. The van der Waals surface area contributed by atoms with E-state index in [9.17, 15) is 13.2 Å². The van der Waals surface area contributed by atoms with E-state index >= 15 is 0 Å². The van der Waals surface area contributed by atoms with Gasteiger partial charge in [-0.1, -0.05) is 11.6 Å². The molecule has 0 spiro atoms. The first-order valence-electron chi connectivity index (χ1n) is 4.98. The quantitative estimate of drug-likeness (QED) is 0.810. The van der Waals surface area contributed by atoms with Crippen LogP contribution in [-0.2, 0) is 6.18 Å². The molecule has 2 rings (SSSR count). The van der Waals surface area contributed by atoms with Gasteiger partial charge in [0, 0.05) is 11.9 Å². The lowest BCUT2D eigenvalue weighted by Gasteiger charge is -2.05. The number of nitrogens with two attached hydrogens (primary N) is 1. The fourth-order valence-corrected chi connectivity index (χ4v) is 1.85. The van der Waals surface area contributed by atoms with Gasteiger partial charge in [-0.2, -0.15) is 18.3 Å². The standard InChI is InChI=1S/C11H9ClF3N3/c1-6-5-18(17-10(6)11(13,14)15)9-3-2-7(16)4-8(9)12/h2-5H,16H2,1H3. The van der Waals surface area contributed by atoms with Crippen molar-refractivity contribution in [2.75, 3.05) is 5.73 Å². The summed E-state index contributed by atoms with van der Waals surface area (Å²) in [5, 5.41) is 3.75. The van der Waals surface area contributed by atoms with Gasteiger partial charge >= 0.3 is 6.18 Å². The van der Waals surface area contributed by atoms with Gasteiger partial charge in [-0.25, -0.2) is 4.68 Å². The summed E-state index contributed by atoms with van der Waals surface area (Å²) in [6.07, 6.45) is -3.20. The molecule has 0 aliphatic carbocycles. The number of aryl methyl sites for hydroxylation is 1. The molecule has 18 heavy (non-hydrogen) atoms. The maximum absolute atomic E-state index is 12.6. The Kier molecular flexibility index (Phi) is 2.98. The molecule has 2 aromatic rings. The zero-order valence-electron chi connectivity index (χ0n) is 9.29. The second-order valence-corrected chi connectivity index (χ2v) is 4.22. The highest BCUT2D eigenvalue weighted by atomic mass is 35.5. The molecule has 2 N–H and O–H groups in total. The van der Waals surface area contributed by atoms with Crippen LogP contribution in [0.15, 0.2) is 24.4 Å². The molecule has 7 heteroatoms. The molecule has 0 amide bonds. The normalized spacial score (nSPS) is 11.8. The van der Waals surface area contributed by atoms with Crippen molar-refractivity contribution in [2.24, 2.45) is 0 Å². The maximum Gasteiger partial charge on any atom is 0.435 e. The summed E-state index contributed by atoms with van der Waals surface area (Å²) < 4.78 is 38.9. The highest BCUT2D eigenvalue weighted by Gasteiger charge is 2.36. The largest absolute Gasteiger partial charge is 0.435 e. The topological polar surface area (TPSA) is 43.8 Å². The first kappa shape index (κ1) is 12.8. The molecule has 0 aliphatic heterocycles. The zero-order chi connectivity index (χ0) is 13.5. The molecule has 0 unspecified atom stereocenters. The lowest BCUT2D eigenvalue weighted by Crippen LogP contribution is -2.08. The van der Waals surface area contributed by atoms with Gasteiger partial charge in [-0.05, 0) is 30.7 Å². The van der Waals surface area contributed by atoms with Crippen molar-refractivity contribution in [1.29, 1.82) is 0 Å². The molecular weight excluding hydrogens is 267 g/mol. The second kappa shape index (κ2) is 4.20. The molecule has 0 radical (unpaired) electrons. The monoisotopic (exact) mass is 275 g/mol. The Balaban J connectivity index is 2.53. The minimum absolute atomic E-state index is 0.0374. The van der Waals surface area contributed by atoms with Gasteiger partial charge in [-0.15, -0.1) is 0 Å². The Bertz CT molecular complexity index is 590. The SMILES string of the molecule is Cc1cn(-c2ccc(N)cc2Cl)nc1C(F)(F)F. The van der Waals surface area contributed by atoms with Crippen LogP contribution < -0.4 is 5.73 Å². The first-order chi connectivity index (χ1) is 8.29. The van der Waals surface area contributed by atoms with E-state index < -0.39 is 11.9 Å². The van der Waals surface area contributed by atoms with Crippen LogP contribution in [-0.4, -0.2) is 9.78 Å². The number of nitrogen functional groups attached to an aromatic ring is 1. The zero-order valence-corrected chi connectivity index (χ0v) is 10.0. The molecule has 0 bridgehead atoms. The number of halogens is 4. The van der Waals surface area contributed by atoms with Crippen LogP contribution >= 0.6 is 11.6 Å². The number of hydrogen-bond acceptors (Lipinski definition) is 2. The van der Waals surface area contributed by atoms with E-state index in [4.69, 9.17) is 17.3 Å². The van der Waals surface area contributed by atoms with Crippen molar-refractivity contribution in [2.45, 2.75) is 13.1 Å². The second-order valence-electron chi connectivity index (χ2n) is 3.81. The molecule has 1 heterocycles. The molecule has 3 nitrogen and oxygen atoms in total. The van der Waals surface area contributed by atoms with Gasteiger partial charge < -0.3 is 5.73 Å². The van der Waals surface area contributed by atoms with Crippen LogP contribution in [0.3, 0.4) is 0 Å². The van der Waals surface area contributed by atoms with E-state index in [0.29, 0.717) is 11.4 Å². The number of alkyl halides is 3. The highest BCUT2D eigenvalue weighted by Crippen LogP contribution is 2.32. The number of anilines is 1. The third-order valence-electron chi connectivity index (χ3n) is 2.38. The number of rotatable bonds is 1. The third-order valence-corrected chi connectivity index (χ3v) is 2.69. The van der Waals surface area contributed by atoms with E-state index in [-0.39, 0.29) is 10.6 Å². The van der Waals surface area contributed by atoms with Crippen molar-refractivity contribution >= 4 is 17.3 Å². The smallest absolute Gasteiger partial charge is 0.399 e. The number of benzene rings is 1. The van der Waals surface area contributed by atoms with Crippen molar-refractivity contribution in [3.05, 3.63) is 40.7 Å². The van der Waals surface area contributed by atoms with E-state index in [1.165, 1.54) is 25.3 Å². The molecule has 96 valence electrons. The third kappa shape index (κ3) is 2.28. The number of nitrogens with zero attached hydrogens (tertiary/aromatic N) is 2. The van der Waals surface area contributed by atoms with Crippen LogP contribution in [0.2, 0.25) is 5.02 Å². The van der Waals surface area contributed by atoms with Crippen LogP contribution in [0.5, 0.6) is 0 Å². The molecule has 1 aromatic carbocycles. The van der Waals surface area contributed by atoms with Gasteiger partial charge in [0.25, 0.3) is 0 Å². The lowest BCUT2D eigenvalue weighted by molar-refractivity contribution is -0.141. The predicted octanol–water partition coefficient (Wildman–Crippen LogP) is 3.44. The summed E-state index contributed by atoms with van der Waals surface area (Å²) in [7, 11) is 0. The van der Waals surface area contributed by atoms with E-state index in [0.717, 1.165) is 4.68 Å². The Hall–Kier alpha value is -1.69. The predicted molar refractivity (Wildman–Crippen MR) is 62.7 cm³/mol. The first-order valence-corrected chi connectivity index (χ1v) is 5.35. The van der Waals surface area contributed by atoms with Crippen LogP contribution in [0, 0.1) is 6.92 Å². The summed E-state index contributed by atoms with van der Waals surface area (Å²) in [6, 6.07) is 4.52. The van der Waals surface area contributed by atoms with Gasteiger partial charge in [-0.3, -0.25) is 0 Å². The fourth-order valence-electron chi connectivity index (χ4n) is 1.57. The highest BCUT2D eigenvalue weighted by molar-refractivity contribution is 6.32. The molecule has 0 fully saturated rings. The van der Waals surface area contributed by atoms with Crippen molar-refractivity contribution in [3.63, 3.8) is 0 Å². The van der Waals surface area contributed by atoms with Crippen LogP contribution in [0.25, 0.3) is 5.69 Å². The van der Waals surface area contributed by atoms with Crippen LogP contribution in [0.1, 0.15) is 11.3 Å². The average molecular weight is 276 g/mol. The molecule has 1 aromatic heterocycles. The lowest BCUT2D eigenvalue weighted by atomic mass is 10.2. The summed E-state index contributed by atoms with van der Waals surface area (Å²) in [4.78, 5) is 0. The number of hydrogen-bond donors (Lipinski definition) is 1. The molecule has 0 saturated heterocycles. The number of aromatic nitrogens is 2.